The van der Waals surface area contributed by atoms with Gasteiger partial charge in [-0.1, -0.05) is 17.7 Å². The van der Waals surface area contributed by atoms with Gasteiger partial charge in [0.2, 0.25) is 0 Å². The Morgan fingerprint density at radius 3 is 2.61 bits per heavy atom. The van der Waals surface area contributed by atoms with E-state index >= 15 is 0 Å². The number of hydrazone groups is 1. The van der Waals surface area contributed by atoms with Crippen molar-refractivity contribution in [2.75, 3.05) is 21.1 Å². The highest BCUT2D eigenvalue weighted by Gasteiger charge is 2.14. The smallest absolute Gasteiger partial charge is 0.273 e. The summed E-state index contributed by atoms with van der Waals surface area (Å²) >= 11 is 5.68. The lowest BCUT2D eigenvalue weighted by Crippen LogP contribution is -2.38. The molecule has 1 heterocycles. The lowest BCUT2D eigenvalue weighted by atomic mass is 10.3. The van der Waals surface area contributed by atoms with E-state index in [0.29, 0.717) is 11.7 Å². The van der Waals surface area contributed by atoms with Crippen LogP contribution in [0.2, 0.25) is 5.15 Å². The van der Waals surface area contributed by atoms with Crippen molar-refractivity contribution < 1.29 is 5.03 Å². The van der Waals surface area contributed by atoms with Gasteiger partial charge in [-0.2, -0.15) is 0 Å². The Labute approximate surface area is 110 Å². The lowest BCUT2D eigenvalue weighted by Gasteiger charge is -2.23. The van der Waals surface area contributed by atoms with Crippen molar-refractivity contribution >= 4 is 17.6 Å². The molecule has 0 saturated carbocycles. The molecule has 1 aromatic heterocycles. The fourth-order valence-corrected chi connectivity index (χ4v) is 1.54. The number of guanidine groups is 1. The number of halogens is 1. The second-order valence-electron chi connectivity index (χ2n) is 3.88. The van der Waals surface area contributed by atoms with Crippen molar-refractivity contribution in [2.45, 2.75) is 6.54 Å². The summed E-state index contributed by atoms with van der Waals surface area (Å²) < 4.78 is 0. The van der Waals surface area contributed by atoms with Crippen molar-refractivity contribution in [3.63, 3.8) is 0 Å². The highest BCUT2D eigenvalue weighted by molar-refractivity contribution is 6.29. The van der Waals surface area contributed by atoms with Gasteiger partial charge in [-0.15, -0.1) is 0 Å². The second kappa shape index (κ2) is 6.15. The van der Waals surface area contributed by atoms with Gasteiger partial charge in [0.05, 0.1) is 0 Å². The number of nitrogens with zero attached hydrogens (tertiary/aromatic N) is 5. The Morgan fingerprint density at radius 1 is 1.50 bits per heavy atom. The summed E-state index contributed by atoms with van der Waals surface area (Å²) in [6, 6.07) is 3.48. The summed E-state index contributed by atoms with van der Waals surface area (Å²) in [5.41, 5.74) is 0.889. The van der Waals surface area contributed by atoms with Gasteiger partial charge in [0.1, 0.15) is 10.3 Å². The van der Waals surface area contributed by atoms with Crippen LogP contribution in [0.15, 0.2) is 23.4 Å². The van der Waals surface area contributed by atoms with Gasteiger partial charge in [0.25, 0.3) is 5.96 Å². The molecule has 0 fully saturated rings. The minimum atomic E-state index is -0.716. The highest BCUT2D eigenvalue weighted by Crippen LogP contribution is 2.08. The van der Waals surface area contributed by atoms with Crippen LogP contribution < -0.4 is 0 Å². The van der Waals surface area contributed by atoms with Crippen molar-refractivity contribution in [3.05, 3.63) is 39.2 Å². The van der Waals surface area contributed by atoms with Crippen molar-refractivity contribution in [1.82, 2.24) is 14.8 Å². The second-order valence-corrected chi connectivity index (χ2v) is 4.26. The molecule has 0 N–H and O–H groups in total. The van der Waals surface area contributed by atoms with E-state index in [-0.39, 0.29) is 5.96 Å². The first-order chi connectivity index (χ1) is 8.40. The summed E-state index contributed by atoms with van der Waals surface area (Å²) in [4.78, 5) is 17.6. The number of hydrogen-bond donors (Lipinski definition) is 0. The molecule has 0 bridgehead atoms. The molecular weight excluding hydrogens is 258 g/mol. The maximum Gasteiger partial charge on any atom is 0.273 e. The summed E-state index contributed by atoms with van der Waals surface area (Å²) in [5, 5.41) is 13.5. The molecule has 0 aliphatic carbocycles. The minimum Gasteiger partial charge on any atom is -0.344 e. The molecule has 18 heavy (non-hydrogen) atoms. The van der Waals surface area contributed by atoms with Crippen LogP contribution in [0.5, 0.6) is 0 Å². The summed E-state index contributed by atoms with van der Waals surface area (Å²) in [5.74, 6) is 0.259. The quantitative estimate of drug-likeness (QED) is 0.272. The molecule has 98 valence electrons. The van der Waals surface area contributed by atoms with E-state index in [1.807, 2.05) is 6.07 Å². The van der Waals surface area contributed by atoms with E-state index in [4.69, 9.17) is 11.6 Å². The molecule has 1 rings (SSSR count). The average Bonchev–Trinajstić information content (AvgIpc) is 2.28. The third kappa shape index (κ3) is 4.17. The maximum atomic E-state index is 10.5. The monoisotopic (exact) mass is 271 g/mol. The Hall–Kier alpha value is -1.89. The van der Waals surface area contributed by atoms with Crippen LogP contribution in [0.3, 0.4) is 0 Å². The van der Waals surface area contributed by atoms with Crippen LogP contribution in [-0.2, 0) is 6.54 Å². The largest absolute Gasteiger partial charge is 0.344 e. The van der Waals surface area contributed by atoms with E-state index in [1.165, 1.54) is 0 Å². The molecule has 0 aromatic carbocycles. The molecular formula is C10H14ClN5O2. The molecule has 0 spiro atoms. The van der Waals surface area contributed by atoms with Crippen LogP contribution in [-0.4, -0.2) is 46.9 Å². The molecule has 0 unspecified atom stereocenters. The first-order valence-corrected chi connectivity index (χ1v) is 5.50. The molecule has 0 radical (unpaired) electrons. The van der Waals surface area contributed by atoms with Crippen molar-refractivity contribution in [1.29, 1.82) is 0 Å². The van der Waals surface area contributed by atoms with E-state index < -0.39 is 5.03 Å². The van der Waals surface area contributed by atoms with Crippen LogP contribution in [0, 0.1) is 10.1 Å². The van der Waals surface area contributed by atoms with E-state index in [9.17, 15) is 10.1 Å². The molecule has 1 aromatic rings. The summed E-state index contributed by atoms with van der Waals surface area (Å²) in [6.45, 7) is 0.453. The number of nitro groups is 1. The number of aromatic nitrogens is 1. The molecule has 0 atom stereocenters. The maximum absolute atomic E-state index is 10.5. The van der Waals surface area contributed by atoms with Crippen molar-refractivity contribution in [2.24, 2.45) is 5.10 Å². The van der Waals surface area contributed by atoms with E-state index in [1.54, 1.807) is 43.2 Å². The molecule has 0 amide bonds. The zero-order valence-electron chi connectivity index (χ0n) is 10.4. The first kappa shape index (κ1) is 14.2. The van der Waals surface area contributed by atoms with Crippen molar-refractivity contribution in [3.8, 4) is 0 Å². The van der Waals surface area contributed by atoms with Crippen LogP contribution >= 0.6 is 11.6 Å². The molecule has 8 heteroatoms. The predicted molar refractivity (Wildman–Crippen MR) is 68.8 cm³/mol. The van der Waals surface area contributed by atoms with Crippen LogP contribution in [0.4, 0.5) is 0 Å². The average molecular weight is 272 g/mol. The fraction of sp³-hybridized carbons (Fsp3) is 0.400. The van der Waals surface area contributed by atoms with Gasteiger partial charge in [0, 0.05) is 33.9 Å². The zero-order chi connectivity index (χ0) is 13.7. The third-order valence-corrected chi connectivity index (χ3v) is 2.34. The highest BCUT2D eigenvalue weighted by atomic mass is 35.5. The molecule has 0 aliphatic rings. The number of rotatable bonds is 3. The molecule has 0 saturated heterocycles. The Kier molecular flexibility index (Phi) is 4.85. The Morgan fingerprint density at radius 2 is 2.17 bits per heavy atom. The standard InChI is InChI=1S/C10H14ClN5O2/c1-14(2)10(13-16(17)18)15(3)7-8-4-5-9(11)12-6-8/h4-6H,7H2,1-3H3. The number of pyridine rings is 1. The molecule has 0 aliphatic heterocycles. The first-order valence-electron chi connectivity index (χ1n) is 5.12. The SMILES string of the molecule is CN(C)C(=N[N+](=O)[O-])N(C)Cc1ccc(Cl)nc1. The van der Waals surface area contributed by atoms with Gasteiger partial charge < -0.3 is 9.80 Å². The van der Waals surface area contributed by atoms with Gasteiger partial charge in [-0.05, 0) is 11.6 Å². The van der Waals surface area contributed by atoms with Crippen LogP contribution in [0.1, 0.15) is 5.56 Å². The summed E-state index contributed by atoms with van der Waals surface area (Å²) in [6.07, 6.45) is 1.62. The normalized spacial score (nSPS) is 11.2. The number of hydrogen-bond acceptors (Lipinski definition) is 3. The van der Waals surface area contributed by atoms with Gasteiger partial charge in [-0.3, -0.25) is 0 Å². The van der Waals surface area contributed by atoms with Gasteiger partial charge in [-0.25, -0.2) is 15.1 Å². The van der Waals surface area contributed by atoms with Gasteiger partial charge in [0.15, 0.2) is 5.03 Å². The lowest BCUT2D eigenvalue weighted by molar-refractivity contribution is -0.486. The summed E-state index contributed by atoms with van der Waals surface area (Å²) in [7, 11) is 5.11. The zero-order valence-corrected chi connectivity index (χ0v) is 11.1. The minimum absolute atomic E-state index is 0.259. The van der Waals surface area contributed by atoms with E-state index in [0.717, 1.165) is 5.56 Å². The Bertz CT molecular complexity index is 446. The van der Waals surface area contributed by atoms with Crippen LogP contribution in [0.25, 0.3) is 0 Å². The predicted octanol–water partition coefficient (Wildman–Crippen LogP) is 1.28. The van der Waals surface area contributed by atoms with Gasteiger partial charge >= 0.3 is 0 Å². The molecule has 7 nitrogen and oxygen atoms in total. The topological polar surface area (TPSA) is 74.9 Å². The third-order valence-electron chi connectivity index (χ3n) is 2.12. The van der Waals surface area contributed by atoms with E-state index in [2.05, 4.69) is 10.1 Å². The fourth-order valence-electron chi connectivity index (χ4n) is 1.42. The Balaban J connectivity index is 2.82.